The highest BCUT2D eigenvalue weighted by Gasteiger charge is 2.31. The minimum Gasteiger partial charge on any atom is -0.393 e. The summed E-state index contributed by atoms with van der Waals surface area (Å²) < 4.78 is 0. The van der Waals surface area contributed by atoms with Crippen molar-refractivity contribution >= 4 is 0 Å². The standard InChI is InChI=1S/C9H18O/c1-8(10)9(2)6-4-3-5-7-9/h8,10H,3-7H2,1-2H3/t8-/m0/s1. The molecule has 1 rings (SSSR count). The van der Waals surface area contributed by atoms with E-state index in [4.69, 9.17) is 0 Å². The van der Waals surface area contributed by atoms with Gasteiger partial charge in [0.25, 0.3) is 0 Å². The van der Waals surface area contributed by atoms with E-state index in [0.29, 0.717) is 0 Å². The van der Waals surface area contributed by atoms with Gasteiger partial charge in [0, 0.05) is 0 Å². The van der Waals surface area contributed by atoms with Crippen molar-refractivity contribution in [1.29, 1.82) is 0 Å². The minimum absolute atomic E-state index is 0.118. The Morgan fingerprint density at radius 1 is 1.20 bits per heavy atom. The van der Waals surface area contributed by atoms with Gasteiger partial charge in [-0.05, 0) is 25.2 Å². The Kier molecular flexibility index (Phi) is 2.35. The SMILES string of the molecule is C[C@H](O)C1(C)CCCCC1. The topological polar surface area (TPSA) is 20.2 Å². The number of hydrogen-bond donors (Lipinski definition) is 1. The summed E-state index contributed by atoms with van der Waals surface area (Å²) >= 11 is 0. The van der Waals surface area contributed by atoms with Crippen molar-refractivity contribution in [1.82, 2.24) is 0 Å². The van der Waals surface area contributed by atoms with E-state index >= 15 is 0 Å². The van der Waals surface area contributed by atoms with Crippen molar-refractivity contribution < 1.29 is 5.11 Å². The maximum absolute atomic E-state index is 9.44. The molecule has 1 fully saturated rings. The van der Waals surface area contributed by atoms with Gasteiger partial charge in [-0.2, -0.15) is 0 Å². The molecule has 0 aromatic rings. The minimum atomic E-state index is -0.118. The molecule has 60 valence electrons. The summed E-state index contributed by atoms with van der Waals surface area (Å²) in [6.07, 6.45) is 6.29. The lowest BCUT2D eigenvalue weighted by atomic mass is 9.72. The Morgan fingerprint density at radius 2 is 1.70 bits per heavy atom. The van der Waals surface area contributed by atoms with Crippen LogP contribution in [0.1, 0.15) is 46.0 Å². The van der Waals surface area contributed by atoms with E-state index < -0.39 is 0 Å². The van der Waals surface area contributed by atoms with Gasteiger partial charge in [-0.3, -0.25) is 0 Å². The fraction of sp³-hybridized carbons (Fsp3) is 1.00. The molecule has 1 aliphatic rings. The first-order valence-electron chi connectivity index (χ1n) is 4.33. The molecule has 0 amide bonds. The van der Waals surface area contributed by atoms with E-state index in [1.807, 2.05) is 6.92 Å². The third kappa shape index (κ3) is 1.51. The van der Waals surface area contributed by atoms with E-state index in [2.05, 4.69) is 6.92 Å². The highest BCUT2D eigenvalue weighted by molar-refractivity contribution is 4.82. The van der Waals surface area contributed by atoms with Gasteiger partial charge >= 0.3 is 0 Å². The average molecular weight is 142 g/mol. The highest BCUT2D eigenvalue weighted by Crippen LogP contribution is 2.38. The van der Waals surface area contributed by atoms with Crippen LogP contribution in [0.25, 0.3) is 0 Å². The molecule has 1 N–H and O–H groups in total. The molecule has 0 saturated heterocycles. The summed E-state index contributed by atoms with van der Waals surface area (Å²) in [5, 5.41) is 9.44. The van der Waals surface area contributed by atoms with Gasteiger partial charge in [0.1, 0.15) is 0 Å². The van der Waals surface area contributed by atoms with Crippen molar-refractivity contribution in [2.45, 2.75) is 52.1 Å². The fourth-order valence-electron chi connectivity index (χ4n) is 1.78. The highest BCUT2D eigenvalue weighted by atomic mass is 16.3. The van der Waals surface area contributed by atoms with Crippen LogP contribution in [0.5, 0.6) is 0 Å². The van der Waals surface area contributed by atoms with E-state index in [-0.39, 0.29) is 11.5 Å². The largest absolute Gasteiger partial charge is 0.393 e. The van der Waals surface area contributed by atoms with Gasteiger partial charge in [0.2, 0.25) is 0 Å². The zero-order valence-electron chi connectivity index (χ0n) is 7.06. The normalized spacial score (nSPS) is 27.9. The molecule has 1 aliphatic carbocycles. The Morgan fingerprint density at radius 3 is 2.00 bits per heavy atom. The van der Waals surface area contributed by atoms with Crippen LogP contribution in [0.4, 0.5) is 0 Å². The molecule has 0 heterocycles. The second kappa shape index (κ2) is 2.91. The molecular formula is C9H18O. The first-order chi connectivity index (χ1) is 4.65. The molecule has 0 radical (unpaired) electrons. The molecule has 0 aromatic heterocycles. The Labute approximate surface area is 63.4 Å². The van der Waals surface area contributed by atoms with Gasteiger partial charge in [0.05, 0.1) is 6.10 Å². The number of aliphatic hydroxyl groups excluding tert-OH is 1. The second-order valence-corrected chi connectivity index (χ2v) is 3.89. The summed E-state index contributed by atoms with van der Waals surface area (Å²) in [7, 11) is 0. The molecule has 0 bridgehead atoms. The number of rotatable bonds is 1. The molecule has 0 spiro atoms. The molecule has 0 aromatic carbocycles. The van der Waals surface area contributed by atoms with Crippen LogP contribution in [0.2, 0.25) is 0 Å². The Hall–Kier alpha value is -0.0400. The average Bonchev–Trinajstić information content (AvgIpc) is 1.89. The molecule has 1 saturated carbocycles. The lowest BCUT2D eigenvalue weighted by Gasteiger charge is -2.36. The Balaban J connectivity index is 2.48. The third-order valence-electron chi connectivity index (χ3n) is 3.00. The van der Waals surface area contributed by atoms with Crippen LogP contribution in [0.3, 0.4) is 0 Å². The lowest BCUT2D eigenvalue weighted by molar-refractivity contribution is 0.0235. The van der Waals surface area contributed by atoms with Crippen molar-refractivity contribution in [3.05, 3.63) is 0 Å². The van der Waals surface area contributed by atoms with Crippen LogP contribution >= 0.6 is 0 Å². The smallest absolute Gasteiger partial charge is 0.0565 e. The summed E-state index contributed by atoms with van der Waals surface area (Å²) in [6, 6.07) is 0. The van der Waals surface area contributed by atoms with Crippen LogP contribution in [0, 0.1) is 5.41 Å². The van der Waals surface area contributed by atoms with E-state index in [1.54, 1.807) is 0 Å². The molecule has 1 nitrogen and oxygen atoms in total. The van der Waals surface area contributed by atoms with Gasteiger partial charge in [-0.25, -0.2) is 0 Å². The van der Waals surface area contributed by atoms with Crippen molar-refractivity contribution in [3.8, 4) is 0 Å². The van der Waals surface area contributed by atoms with Crippen molar-refractivity contribution in [3.63, 3.8) is 0 Å². The lowest BCUT2D eigenvalue weighted by Crippen LogP contribution is -2.31. The van der Waals surface area contributed by atoms with Crippen LogP contribution in [0.15, 0.2) is 0 Å². The van der Waals surface area contributed by atoms with Crippen molar-refractivity contribution in [2.75, 3.05) is 0 Å². The maximum atomic E-state index is 9.44. The van der Waals surface area contributed by atoms with Gasteiger partial charge < -0.3 is 5.11 Å². The van der Waals surface area contributed by atoms with Crippen LogP contribution < -0.4 is 0 Å². The third-order valence-corrected chi connectivity index (χ3v) is 3.00. The first-order valence-corrected chi connectivity index (χ1v) is 4.33. The van der Waals surface area contributed by atoms with E-state index in [1.165, 1.54) is 32.1 Å². The second-order valence-electron chi connectivity index (χ2n) is 3.89. The monoisotopic (exact) mass is 142 g/mol. The van der Waals surface area contributed by atoms with Gasteiger partial charge in [0.15, 0.2) is 0 Å². The fourth-order valence-corrected chi connectivity index (χ4v) is 1.78. The van der Waals surface area contributed by atoms with Crippen LogP contribution in [-0.2, 0) is 0 Å². The molecular weight excluding hydrogens is 124 g/mol. The zero-order chi connectivity index (χ0) is 7.61. The molecule has 1 heteroatoms. The van der Waals surface area contributed by atoms with Crippen LogP contribution in [-0.4, -0.2) is 11.2 Å². The molecule has 0 aliphatic heterocycles. The molecule has 1 atom stereocenters. The van der Waals surface area contributed by atoms with E-state index in [0.717, 1.165) is 0 Å². The first kappa shape index (κ1) is 8.06. The molecule has 0 unspecified atom stereocenters. The molecule has 10 heavy (non-hydrogen) atoms. The predicted molar refractivity (Wildman–Crippen MR) is 42.9 cm³/mol. The van der Waals surface area contributed by atoms with E-state index in [9.17, 15) is 5.11 Å². The summed E-state index contributed by atoms with van der Waals surface area (Å²) in [6.45, 7) is 4.13. The number of aliphatic hydroxyl groups is 1. The summed E-state index contributed by atoms with van der Waals surface area (Å²) in [5.41, 5.74) is 0.234. The Bertz CT molecular complexity index is 101. The maximum Gasteiger partial charge on any atom is 0.0565 e. The van der Waals surface area contributed by atoms with Gasteiger partial charge in [-0.1, -0.05) is 26.2 Å². The number of hydrogen-bond acceptors (Lipinski definition) is 1. The summed E-state index contributed by atoms with van der Waals surface area (Å²) in [4.78, 5) is 0. The quantitative estimate of drug-likeness (QED) is 0.595. The van der Waals surface area contributed by atoms with Crippen molar-refractivity contribution in [2.24, 2.45) is 5.41 Å². The van der Waals surface area contributed by atoms with Gasteiger partial charge in [-0.15, -0.1) is 0 Å². The predicted octanol–water partition coefficient (Wildman–Crippen LogP) is 2.34. The zero-order valence-corrected chi connectivity index (χ0v) is 7.06. The summed E-state index contributed by atoms with van der Waals surface area (Å²) in [5.74, 6) is 0.